The summed E-state index contributed by atoms with van der Waals surface area (Å²) in [4.78, 5) is 12.1. The fourth-order valence-corrected chi connectivity index (χ4v) is 1.45. The molecule has 66 valence electrons. The first-order valence-corrected chi connectivity index (χ1v) is 4.75. The summed E-state index contributed by atoms with van der Waals surface area (Å²) < 4.78 is 0. The van der Waals surface area contributed by atoms with Gasteiger partial charge in [0.15, 0.2) is 0 Å². The third kappa shape index (κ3) is 2.92. The van der Waals surface area contributed by atoms with E-state index in [4.69, 9.17) is 0 Å². The predicted octanol–water partition coefficient (Wildman–Crippen LogP) is 1.57. The minimum Gasteiger partial charge on any atom is -0.338 e. The van der Waals surface area contributed by atoms with Crippen molar-refractivity contribution in [1.82, 2.24) is 10.6 Å². The summed E-state index contributed by atoms with van der Waals surface area (Å²) in [7, 11) is 0. The van der Waals surface area contributed by atoms with E-state index in [1.807, 2.05) is 24.4 Å². The molecule has 2 N–H and O–H groups in total. The highest BCUT2D eigenvalue weighted by atomic mass is 32.1. The molecule has 1 heterocycles. The Morgan fingerprint density at radius 1 is 1.58 bits per heavy atom. The molecular formula is C8H12N2OS. The molecule has 2 amide bonds. The van der Waals surface area contributed by atoms with E-state index in [1.54, 1.807) is 11.3 Å². The van der Waals surface area contributed by atoms with E-state index < -0.39 is 0 Å². The number of urea groups is 1. The molecule has 0 unspecified atom stereocenters. The molecule has 0 spiro atoms. The van der Waals surface area contributed by atoms with Crippen molar-refractivity contribution < 1.29 is 4.79 Å². The van der Waals surface area contributed by atoms with Crippen molar-refractivity contribution in [2.75, 3.05) is 6.54 Å². The number of nitrogens with one attached hydrogen (secondary N) is 2. The van der Waals surface area contributed by atoms with Gasteiger partial charge in [-0.3, -0.25) is 0 Å². The summed E-state index contributed by atoms with van der Waals surface area (Å²) in [6.45, 7) is 3.17. The highest BCUT2D eigenvalue weighted by molar-refractivity contribution is 7.09. The number of thiophene rings is 1. The SMILES string of the molecule is CCNC(=O)NCc1cccs1. The molecule has 3 nitrogen and oxygen atoms in total. The normalized spacial score (nSPS) is 9.42. The predicted molar refractivity (Wildman–Crippen MR) is 50.2 cm³/mol. The van der Waals surface area contributed by atoms with Crippen molar-refractivity contribution in [3.63, 3.8) is 0 Å². The number of carbonyl (C=O) groups is 1. The molecule has 0 aliphatic carbocycles. The van der Waals surface area contributed by atoms with Gasteiger partial charge in [-0.1, -0.05) is 6.07 Å². The van der Waals surface area contributed by atoms with Crippen molar-refractivity contribution in [3.05, 3.63) is 22.4 Å². The van der Waals surface area contributed by atoms with Crippen molar-refractivity contribution in [2.24, 2.45) is 0 Å². The first kappa shape index (κ1) is 9.06. The topological polar surface area (TPSA) is 41.1 Å². The van der Waals surface area contributed by atoms with Crippen LogP contribution in [0, 0.1) is 0 Å². The minimum absolute atomic E-state index is 0.106. The maximum atomic E-state index is 10.9. The Bertz CT molecular complexity index is 233. The Hall–Kier alpha value is -1.03. The molecular weight excluding hydrogens is 172 g/mol. The number of hydrogen-bond acceptors (Lipinski definition) is 2. The van der Waals surface area contributed by atoms with E-state index in [9.17, 15) is 4.79 Å². The molecule has 4 heteroatoms. The van der Waals surface area contributed by atoms with Gasteiger partial charge < -0.3 is 10.6 Å². The van der Waals surface area contributed by atoms with Gasteiger partial charge in [-0.25, -0.2) is 4.79 Å². The van der Waals surface area contributed by atoms with Crippen molar-refractivity contribution >= 4 is 17.4 Å². The van der Waals surface area contributed by atoms with E-state index in [0.29, 0.717) is 13.1 Å². The lowest BCUT2D eigenvalue weighted by atomic mass is 10.5. The molecule has 0 fully saturated rings. The molecule has 0 saturated carbocycles. The first-order valence-electron chi connectivity index (χ1n) is 3.87. The van der Waals surface area contributed by atoms with Crippen LogP contribution in [0.2, 0.25) is 0 Å². The maximum absolute atomic E-state index is 10.9. The van der Waals surface area contributed by atoms with E-state index in [-0.39, 0.29) is 6.03 Å². The zero-order valence-electron chi connectivity index (χ0n) is 6.96. The van der Waals surface area contributed by atoms with E-state index in [0.717, 1.165) is 0 Å². The molecule has 0 saturated heterocycles. The first-order chi connectivity index (χ1) is 5.83. The average Bonchev–Trinajstić information content (AvgIpc) is 2.53. The van der Waals surface area contributed by atoms with E-state index in [1.165, 1.54) is 4.88 Å². The van der Waals surface area contributed by atoms with Gasteiger partial charge in [0.2, 0.25) is 0 Å². The second-order valence-corrected chi connectivity index (χ2v) is 3.32. The summed E-state index contributed by atoms with van der Waals surface area (Å²) in [6.07, 6.45) is 0. The van der Waals surface area contributed by atoms with Gasteiger partial charge in [0.25, 0.3) is 0 Å². The molecule has 0 aromatic carbocycles. The molecule has 1 aromatic rings. The van der Waals surface area contributed by atoms with E-state index >= 15 is 0 Å². The Morgan fingerprint density at radius 2 is 2.42 bits per heavy atom. The highest BCUT2D eigenvalue weighted by Gasteiger charge is 1.97. The van der Waals surface area contributed by atoms with Gasteiger partial charge in [0.1, 0.15) is 0 Å². The smallest absolute Gasteiger partial charge is 0.315 e. The largest absolute Gasteiger partial charge is 0.338 e. The van der Waals surface area contributed by atoms with Crippen LogP contribution >= 0.6 is 11.3 Å². The highest BCUT2D eigenvalue weighted by Crippen LogP contribution is 2.06. The lowest BCUT2D eigenvalue weighted by Crippen LogP contribution is -2.34. The van der Waals surface area contributed by atoms with Gasteiger partial charge in [-0.2, -0.15) is 0 Å². The molecule has 1 rings (SSSR count). The zero-order valence-corrected chi connectivity index (χ0v) is 7.78. The van der Waals surface area contributed by atoms with Gasteiger partial charge in [0.05, 0.1) is 6.54 Å². The fraction of sp³-hybridized carbons (Fsp3) is 0.375. The Morgan fingerprint density at radius 3 is 3.00 bits per heavy atom. The molecule has 0 aliphatic rings. The monoisotopic (exact) mass is 184 g/mol. The summed E-state index contributed by atoms with van der Waals surface area (Å²) in [5.41, 5.74) is 0. The minimum atomic E-state index is -0.106. The third-order valence-electron chi connectivity index (χ3n) is 1.34. The van der Waals surface area contributed by atoms with Crippen LogP contribution in [0.5, 0.6) is 0 Å². The molecule has 12 heavy (non-hydrogen) atoms. The van der Waals surface area contributed by atoms with Crippen LogP contribution in [0.25, 0.3) is 0 Å². The summed E-state index contributed by atoms with van der Waals surface area (Å²) >= 11 is 1.64. The summed E-state index contributed by atoms with van der Waals surface area (Å²) in [5, 5.41) is 7.40. The standard InChI is InChI=1S/C8H12N2OS/c1-2-9-8(11)10-6-7-4-3-5-12-7/h3-5H,2,6H2,1H3,(H2,9,10,11). The van der Waals surface area contributed by atoms with Gasteiger partial charge in [-0.05, 0) is 18.4 Å². The van der Waals surface area contributed by atoms with Crippen molar-refractivity contribution in [2.45, 2.75) is 13.5 Å². The van der Waals surface area contributed by atoms with Crippen LogP contribution in [-0.2, 0) is 6.54 Å². The zero-order chi connectivity index (χ0) is 8.81. The van der Waals surface area contributed by atoms with Crippen LogP contribution in [0.15, 0.2) is 17.5 Å². The van der Waals surface area contributed by atoms with E-state index in [2.05, 4.69) is 10.6 Å². The van der Waals surface area contributed by atoms with Crippen LogP contribution < -0.4 is 10.6 Å². The molecule has 0 aliphatic heterocycles. The summed E-state index contributed by atoms with van der Waals surface area (Å²) in [5.74, 6) is 0. The van der Waals surface area contributed by atoms with Crippen LogP contribution in [0.1, 0.15) is 11.8 Å². The number of hydrogen-bond donors (Lipinski definition) is 2. The molecule has 0 bridgehead atoms. The quantitative estimate of drug-likeness (QED) is 0.735. The second kappa shape index (κ2) is 4.77. The number of carbonyl (C=O) groups excluding carboxylic acids is 1. The van der Waals surface area contributed by atoms with Crippen LogP contribution in [0.4, 0.5) is 4.79 Å². The lowest BCUT2D eigenvalue weighted by Gasteiger charge is -2.02. The Labute approximate surface area is 75.8 Å². The van der Waals surface area contributed by atoms with Crippen molar-refractivity contribution in [3.8, 4) is 0 Å². The molecule has 0 radical (unpaired) electrons. The lowest BCUT2D eigenvalue weighted by molar-refractivity contribution is 0.241. The molecule has 0 atom stereocenters. The summed E-state index contributed by atoms with van der Waals surface area (Å²) in [6, 6.07) is 3.86. The fourth-order valence-electron chi connectivity index (χ4n) is 0.804. The van der Waals surface area contributed by atoms with Gasteiger partial charge >= 0.3 is 6.03 Å². The Balaban J connectivity index is 2.22. The number of rotatable bonds is 3. The van der Waals surface area contributed by atoms with Gasteiger partial charge in [0, 0.05) is 11.4 Å². The van der Waals surface area contributed by atoms with Crippen LogP contribution in [0.3, 0.4) is 0 Å². The maximum Gasteiger partial charge on any atom is 0.315 e. The Kier molecular flexibility index (Phi) is 3.60. The van der Waals surface area contributed by atoms with Crippen LogP contribution in [-0.4, -0.2) is 12.6 Å². The average molecular weight is 184 g/mol. The third-order valence-corrected chi connectivity index (χ3v) is 2.22. The molecule has 1 aromatic heterocycles. The van der Waals surface area contributed by atoms with Crippen molar-refractivity contribution in [1.29, 1.82) is 0 Å². The number of amides is 2. The second-order valence-electron chi connectivity index (χ2n) is 2.29. The van der Waals surface area contributed by atoms with Gasteiger partial charge in [-0.15, -0.1) is 11.3 Å².